The third kappa shape index (κ3) is 3.20. The number of carbonyl (C=O) groups is 1. The molecule has 2 aromatic rings. The third-order valence-corrected chi connectivity index (χ3v) is 3.27. The van der Waals surface area contributed by atoms with Crippen LogP contribution in [0, 0.1) is 10.1 Å². The zero-order chi connectivity index (χ0) is 18.0. The molecule has 0 bridgehead atoms. The van der Waals surface area contributed by atoms with Crippen molar-refractivity contribution in [3.63, 3.8) is 0 Å². The van der Waals surface area contributed by atoms with Gasteiger partial charge in [-0.3, -0.25) is 20.0 Å². The van der Waals surface area contributed by atoms with Gasteiger partial charge in [0.25, 0.3) is 5.91 Å². The second-order valence-electron chi connectivity index (χ2n) is 4.79. The highest BCUT2D eigenvalue weighted by atomic mass is 19.4. The van der Waals surface area contributed by atoms with E-state index in [0.717, 1.165) is 18.3 Å². The van der Waals surface area contributed by atoms with E-state index in [0.29, 0.717) is 0 Å². The topological polar surface area (TPSA) is 121 Å². The number of carbonyl (C=O) groups excluding carboxylic acids is 1. The van der Waals surface area contributed by atoms with Gasteiger partial charge in [0.2, 0.25) is 11.3 Å². The molecule has 24 heavy (non-hydrogen) atoms. The van der Waals surface area contributed by atoms with Crippen LogP contribution in [0.1, 0.15) is 16.1 Å². The molecule has 1 atom stereocenters. The van der Waals surface area contributed by atoms with Gasteiger partial charge < -0.3 is 10.4 Å². The number of nitrogens with zero attached hydrogens (tertiary/aromatic N) is 2. The molecule has 1 heterocycles. The first-order valence-corrected chi connectivity index (χ1v) is 6.47. The summed E-state index contributed by atoms with van der Waals surface area (Å²) in [6, 6.07) is 6.17. The van der Waals surface area contributed by atoms with E-state index in [-0.39, 0.29) is 0 Å². The molecular weight excluding hydrogens is 333 g/mol. The van der Waals surface area contributed by atoms with E-state index in [1.54, 1.807) is 0 Å². The first kappa shape index (κ1) is 17.4. The zero-order valence-corrected chi connectivity index (χ0v) is 11.9. The SMILES string of the molecule is O=C(NC[C@@](O)(c1ccccc1)C(F)(F)F)c1[nH]ncc1[N+](=O)[O-]. The molecule has 1 aromatic heterocycles. The van der Waals surface area contributed by atoms with E-state index < -0.39 is 46.1 Å². The fourth-order valence-electron chi connectivity index (χ4n) is 1.96. The van der Waals surface area contributed by atoms with E-state index >= 15 is 0 Å². The predicted octanol–water partition coefficient (Wildman–Crippen LogP) is 1.50. The molecule has 0 aliphatic rings. The van der Waals surface area contributed by atoms with Gasteiger partial charge in [-0.1, -0.05) is 30.3 Å². The number of aromatic nitrogens is 2. The highest BCUT2D eigenvalue weighted by Crippen LogP contribution is 2.38. The standard InChI is InChI=1S/C13H11F3N4O4/c14-13(15,16)12(22,8-4-2-1-3-5-8)7-17-11(21)10-9(20(23)24)6-18-19-10/h1-6,22H,7H2,(H,17,21)(H,18,19)/t12-/m1/s1. The average molecular weight is 344 g/mol. The van der Waals surface area contributed by atoms with Crippen LogP contribution in [0.3, 0.4) is 0 Å². The van der Waals surface area contributed by atoms with Gasteiger partial charge in [-0.05, 0) is 5.56 Å². The minimum absolute atomic E-state index is 0.475. The second kappa shape index (κ2) is 6.28. The van der Waals surface area contributed by atoms with Crippen LogP contribution >= 0.6 is 0 Å². The zero-order valence-electron chi connectivity index (χ0n) is 11.9. The smallest absolute Gasteiger partial charge is 0.375 e. The van der Waals surface area contributed by atoms with Gasteiger partial charge >= 0.3 is 11.9 Å². The maximum Gasteiger partial charge on any atom is 0.423 e. The monoisotopic (exact) mass is 344 g/mol. The maximum atomic E-state index is 13.3. The molecule has 3 N–H and O–H groups in total. The van der Waals surface area contributed by atoms with Crippen molar-refractivity contribution >= 4 is 11.6 Å². The summed E-state index contributed by atoms with van der Waals surface area (Å²) in [5.41, 5.74) is -5.13. The van der Waals surface area contributed by atoms with Gasteiger partial charge in [0, 0.05) is 0 Å². The normalized spacial score (nSPS) is 14.0. The van der Waals surface area contributed by atoms with Crippen molar-refractivity contribution in [3.05, 3.63) is 57.9 Å². The van der Waals surface area contributed by atoms with Crippen LogP contribution in [0.4, 0.5) is 18.9 Å². The van der Waals surface area contributed by atoms with Crippen LogP contribution in [0.25, 0.3) is 0 Å². The van der Waals surface area contributed by atoms with Crippen LogP contribution in [0.5, 0.6) is 0 Å². The van der Waals surface area contributed by atoms with Crippen LogP contribution < -0.4 is 5.32 Å². The second-order valence-corrected chi connectivity index (χ2v) is 4.79. The molecule has 0 fully saturated rings. The summed E-state index contributed by atoms with van der Waals surface area (Å²) >= 11 is 0. The molecule has 128 valence electrons. The summed E-state index contributed by atoms with van der Waals surface area (Å²) in [7, 11) is 0. The van der Waals surface area contributed by atoms with Crippen molar-refractivity contribution in [1.82, 2.24) is 15.5 Å². The van der Waals surface area contributed by atoms with Crippen LogP contribution in [0.15, 0.2) is 36.5 Å². The van der Waals surface area contributed by atoms with Crippen molar-refractivity contribution in [3.8, 4) is 0 Å². The molecule has 0 saturated heterocycles. The number of alkyl halides is 3. The summed E-state index contributed by atoms with van der Waals surface area (Å²) in [6.07, 6.45) is -4.33. The van der Waals surface area contributed by atoms with Gasteiger partial charge in [0.15, 0.2) is 0 Å². The van der Waals surface area contributed by atoms with Crippen molar-refractivity contribution < 1.29 is 28.0 Å². The lowest BCUT2D eigenvalue weighted by Gasteiger charge is -2.31. The number of amides is 1. The maximum absolute atomic E-state index is 13.3. The number of rotatable bonds is 5. The molecule has 0 saturated carbocycles. The number of aliphatic hydroxyl groups is 1. The Morgan fingerprint density at radius 2 is 1.96 bits per heavy atom. The number of halogens is 3. The predicted molar refractivity (Wildman–Crippen MR) is 74.0 cm³/mol. The quantitative estimate of drug-likeness (QED) is 0.560. The van der Waals surface area contributed by atoms with Crippen molar-refractivity contribution in [2.45, 2.75) is 11.8 Å². The number of nitrogens with one attached hydrogen (secondary N) is 2. The Bertz CT molecular complexity index is 747. The van der Waals surface area contributed by atoms with Gasteiger partial charge in [0.05, 0.1) is 11.5 Å². The molecule has 0 aliphatic carbocycles. The molecule has 11 heteroatoms. The lowest BCUT2D eigenvalue weighted by Crippen LogP contribution is -2.51. The Morgan fingerprint density at radius 3 is 2.50 bits per heavy atom. The van der Waals surface area contributed by atoms with E-state index in [4.69, 9.17) is 0 Å². The Balaban J connectivity index is 2.25. The molecule has 2 rings (SSSR count). The molecule has 1 aromatic carbocycles. The molecule has 8 nitrogen and oxygen atoms in total. The minimum Gasteiger partial charge on any atom is -0.375 e. The van der Waals surface area contributed by atoms with Gasteiger partial charge in [0.1, 0.15) is 6.20 Å². The summed E-state index contributed by atoms with van der Waals surface area (Å²) in [6.45, 7) is -1.23. The van der Waals surface area contributed by atoms with Crippen LogP contribution in [-0.4, -0.2) is 38.9 Å². The fraction of sp³-hybridized carbons (Fsp3) is 0.231. The van der Waals surface area contributed by atoms with Gasteiger partial charge in [-0.25, -0.2) is 0 Å². The highest BCUT2D eigenvalue weighted by molar-refractivity contribution is 5.96. The third-order valence-electron chi connectivity index (χ3n) is 3.27. The Hall–Kier alpha value is -2.95. The number of nitro groups is 1. The van der Waals surface area contributed by atoms with E-state index in [9.17, 15) is 33.2 Å². The summed E-state index contributed by atoms with van der Waals surface area (Å²) < 4.78 is 39.8. The first-order valence-electron chi connectivity index (χ1n) is 6.47. The molecule has 0 unspecified atom stereocenters. The number of benzene rings is 1. The highest BCUT2D eigenvalue weighted by Gasteiger charge is 2.55. The molecule has 0 spiro atoms. The van der Waals surface area contributed by atoms with Crippen LogP contribution in [-0.2, 0) is 5.60 Å². The molecule has 0 aliphatic heterocycles. The average Bonchev–Trinajstić information content (AvgIpc) is 3.02. The first-order chi connectivity index (χ1) is 11.2. The largest absolute Gasteiger partial charge is 0.423 e. The summed E-state index contributed by atoms with van der Waals surface area (Å²) in [5, 5.41) is 27.9. The minimum atomic E-state index is -5.08. The molecule has 1 amide bonds. The van der Waals surface area contributed by atoms with E-state index in [1.165, 1.54) is 18.2 Å². The fourth-order valence-corrected chi connectivity index (χ4v) is 1.96. The van der Waals surface area contributed by atoms with Crippen molar-refractivity contribution in [2.24, 2.45) is 0 Å². The lowest BCUT2D eigenvalue weighted by atomic mass is 9.93. The molecule has 0 radical (unpaired) electrons. The van der Waals surface area contributed by atoms with Crippen molar-refractivity contribution in [1.29, 1.82) is 0 Å². The Morgan fingerprint density at radius 1 is 1.33 bits per heavy atom. The van der Waals surface area contributed by atoms with Gasteiger partial charge in [-0.2, -0.15) is 18.3 Å². The van der Waals surface area contributed by atoms with E-state index in [1.807, 2.05) is 10.4 Å². The van der Waals surface area contributed by atoms with Crippen LogP contribution in [0.2, 0.25) is 0 Å². The Labute approximate surface area is 132 Å². The van der Waals surface area contributed by atoms with Gasteiger partial charge in [-0.15, -0.1) is 0 Å². The molecular formula is C13H11F3N4O4. The van der Waals surface area contributed by atoms with Crippen molar-refractivity contribution in [2.75, 3.05) is 6.54 Å². The Kier molecular flexibility index (Phi) is 4.55. The lowest BCUT2D eigenvalue weighted by molar-refractivity contribution is -0.385. The van der Waals surface area contributed by atoms with E-state index in [2.05, 4.69) is 5.10 Å². The number of H-pyrrole nitrogens is 1. The summed E-state index contributed by atoms with van der Waals surface area (Å²) in [5.74, 6) is -1.20. The number of hydrogen-bond donors (Lipinski definition) is 3. The number of hydrogen-bond acceptors (Lipinski definition) is 5. The summed E-state index contributed by atoms with van der Waals surface area (Å²) in [4.78, 5) is 21.7. The number of aromatic amines is 1.